The molecule has 128 valence electrons. The molecule has 26 heavy (non-hydrogen) atoms. The molecule has 4 heteroatoms. The third-order valence-electron chi connectivity index (χ3n) is 4.83. The largest absolute Gasteiger partial charge is 0.411 e. The molecule has 0 amide bonds. The van der Waals surface area contributed by atoms with Crippen molar-refractivity contribution in [1.29, 1.82) is 0 Å². The lowest BCUT2D eigenvalue weighted by molar-refractivity contribution is 0.103. The van der Waals surface area contributed by atoms with Gasteiger partial charge in [-0.1, -0.05) is 53.7 Å². The van der Waals surface area contributed by atoms with Gasteiger partial charge in [-0.05, 0) is 31.5 Å². The van der Waals surface area contributed by atoms with E-state index >= 15 is 0 Å². The number of nitrogens with one attached hydrogen (secondary N) is 1. The number of benzene rings is 3. The van der Waals surface area contributed by atoms with Gasteiger partial charge in [-0.25, -0.2) is 0 Å². The summed E-state index contributed by atoms with van der Waals surface area (Å²) in [6.07, 6.45) is 0. The second-order valence-electron chi connectivity index (χ2n) is 6.41. The first-order chi connectivity index (χ1) is 12.6. The van der Waals surface area contributed by atoms with Crippen LogP contribution in [-0.2, 0) is 0 Å². The molecule has 4 aromatic rings. The molecule has 0 fully saturated rings. The van der Waals surface area contributed by atoms with E-state index in [1.165, 1.54) is 0 Å². The van der Waals surface area contributed by atoms with Gasteiger partial charge in [0.1, 0.15) is 0 Å². The molecule has 1 aromatic heterocycles. The minimum Gasteiger partial charge on any atom is -0.411 e. The minimum atomic E-state index is -0.0727. The fourth-order valence-corrected chi connectivity index (χ4v) is 3.50. The van der Waals surface area contributed by atoms with Crippen LogP contribution in [0.2, 0.25) is 0 Å². The fraction of sp³-hybridized carbons (Fsp3) is 0.0909. The van der Waals surface area contributed by atoms with Crippen molar-refractivity contribution in [2.75, 3.05) is 0 Å². The van der Waals surface area contributed by atoms with Crippen molar-refractivity contribution >= 4 is 33.3 Å². The Hall–Kier alpha value is -3.40. The van der Waals surface area contributed by atoms with E-state index in [0.29, 0.717) is 22.4 Å². The quantitative estimate of drug-likeness (QED) is 0.236. The van der Waals surface area contributed by atoms with Crippen LogP contribution in [0, 0.1) is 6.92 Å². The number of ketones is 1. The molecule has 4 nitrogen and oxygen atoms in total. The number of aryl methyl sites for hydroxylation is 1. The third kappa shape index (κ3) is 2.39. The topological polar surface area (TPSA) is 65.5 Å². The molecule has 1 heterocycles. The minimum absolute atomic E-state index is 0.0727. The highest BCUT2D eigenvalue weighted by Crippen LogP contribution is 2.32. The molecule has 0 radical (unpaired) electrons. The highest BCUT2D eigenvalue weighted by Gasteiger charge is 2.22. The highest BCUT2D eigenvalue weighted by molar-refractivity contribution is 6.27. The van der Waals surface area contributed by atoms with Crippen molar-refractivity contribution in [2.24, 2.45) is 5.16 Å². The Morgan fingerprint density at radius 1 is 0.923 bits per heavy atom. The molecule has 0 bridgehead atoms. The van der Waals surface area contributed by atoms with Crippen molar-refractivity contribution in [2.45, 2.75) is 13.8 Å². The van der Waals surface area contributed by atoms with E-state index in [-0.39, 0.29) is 5.78 Å². The molecule has 0 aliphatic heterocycles. The summed E-state index contributed by atoms with van der Waals surface area (Å²) in [6, 6.07) is 19.2. The number of fused-ring (bicyclic) bond motifs is 3. The molecule has 0 spiro atoms. The zero-order chi connectivity index (χ0) is 18.3. The van der Waals surface area contributed by atoms with Gasteiger partial charge in [-0.3, -0.25) is 4.79 Å². The number of rotatable bonds is 3. The van der Waals surface area contributed by atoms with Crippen LogP contribution in [0.25, 0.3) is 21.8 Å². The van der Waals surface area contributed by atoms with Crippen LogP contribution in [-0.4, -0.2) is 21.7 Å². The summed E-state index contributed by atoms with van der Waals surface area (Å²) in [5, 5.41) is 14.5. The number of carbonyl (C=O) groups excluding carboxylic acids is 1. The van der Waals surface area contributed by atoms with Crippen LogP contribution >= 0.6 is 0 Å². The molecule has 0 aliphatic carbocycles. The molecule has 0 atom stereocenters. The van der Waals surface area contributed by atoms with Crippen molar-refractivity contribution in [1.82, 2.24) is 4.98 Å². The Bertz CT molecular complexity index is 1190. The predicted octanol–water partition coefficient (Wildman–Crippen LogP) is 5.06. The van der Waals surface area contributed by atoms with Gasteiger partial charge in [0.2, 0.25) is 0 Å². The lowest BCUT2D eigenvalue weighted by Crippen LogP contribution is -2.11. The van der Waals surface area contributed by atoms with Gasteiger partial charge < -0.3 is 10.2 Å². The molecule has 0 unspecified atom stereocenters. The maximum absolute atomic E-state index is 13.5. The Morgan fingerprint density at radius 2 is 1.65 bits per heavy atom. The fourth-order valence-electron chi connectivity index (χ4n) is 3.50. The van der Waals surface area contributed by atoms with E-state index in [9.17, 15) is 10.0 Å². The average molecular weight is 342 g/mol. The van der Waals surface area contributed by atoms with E-state index in [1.54, 1.807) is 6.92 Å². The summed E-state index contributed by atoms with van der Waals surface area (Å²) in [4.78, 5) is 16.9. The van der Waals surface area contributed by atoms with Gasteiger partial charge in [-0.15, -0.1) is 0 Å². The Morgan fingerprint density at radius 3 is 2.42 bits per heavy atom. The van der Waals surface area contributed by atoms with Crippen LogP contribution in [0.3, 0.4) is 0 Å². The molecule has 0 saturated carbocycles. The zero-order valence-electron chi connectivity index (χ0n) is 14.6. The van der Waals surface area contributed by atoms with E-state index in [0.717, 1.165) is 27.4 Å². The number of carbonyl (C=O) groups is 1. The van der Waals surface area contributed by atoms with E-state index in [4.69, 9.17) is 0 Å². The number of aromatic amines is 1. The van der Waals surface area contributed by atoms with Crippen molar-refractivity contribution in [3.63, 3.8) is 0 Å². The lowest BCUT2D eigenvalue weighted by Gasteiger charge is -2.12. The van der Waals surface area contributed by atoms with Crippen LogP contribution in [0.1, 0.15) is 34.0 Å². The number of hydrogen-bond acceptors (Lipinski definition) is 3. The predicted molar refractivity (Wildman–Crippen MR) is 104 cm³/mol. The van der Waals surface area contributed by atoms with Crippen LogP contribution < -0.4 is 0 Å². The van der Waals surface area contributed by atoms with Gasteiger partial charge in [0, 0.05) is 38.5 Å². The maximum atomic E-state index is 13.5. The summed E-state index contributed by atoms with van der Waals surface area (Å²) in [5.74, 6) is -0.0727. The van der Waals surface area contributed by atoms with Crippen molar-refractivity contribution in [3.8, 4) is 0 Å². The maximum Gasteiger partial charge on any atom is 0.194 e. The highest BCUT2D eigenvalue weighted by atomic mass is 16.4. The van der Waals surface area contributed by atoms with E-state index in [1.807, 2.05) is 67.6 Å². The summed E-state index contributed by atoms with van der Waals surface area (Å²) in [5.41, 5.74) is 5.03. The van der Waals surface area contributed by atoms with Crippen LogP contribution in [0.15, 0.2) is 65.8 Å². The zero-order valence-corrected chi connectivity index (χ0v) is 14.6. The van der Waals surface area contributed by atoms with Gasteiger partial charge in [0.25, 0.3) is 0 Å². The summed E-state index contributed by atoms with van der Waals surface area (Å²) < 4.78 is 0. The van der Waals surface area contributed by atoms with E-state index < -0.39 is 0 Å². The second kappa shape index (κ2) is 6.15. The molecule has 2 N–H and O–H groups in total. The number of para-hydroxylation sites is 1. The molecule has 3 aromatic carbocycles. The number of oxime groups is 1. The number of aromatic nitrogens is 1. The first-order valence-electron chi connectivity index (χ1n) is 8.44. The third-order valence-corrected chi connectivity index (χ3v) is 4.83. The Kier molecular flexibility index (Phi) is 3.81. The standard InChI is InChI=1S/C22H18N2O2/c1-13-7-3-4-8-15(13)22(25)21-16(14(2)24-26)11-12-19-20(21)17-9-5-6-10-18(17)23-19/h3-12,23,26H,1-2H3. The van der Waals surface area contributed by atoms with E-state index in [2.05, 4.69) is 10.1 Å². The molecular formula is C22H18N2O2. The van der Waals surface area contributed by atoms with Crippen LogP contribution in [0.5, 0.6) is 0 Å². The molecule has 4 rings (SSSR count). The van der Waals surface area contributed by atoms with Gasteiger partial charge >= 0.3 is 0 Å². The van der Waals surface area contributed by atoms with Gasteiger partial charge in [0.15, 0.2) is 5.78 Å². The number of H-pyrrole nitrogens is 1. The molecular weight excluding hydrogens is 324 g/mol. The van der Waals surface area contributed by atoms with Gasteiger partial charge in [0.05, 0.1) is 5.71 Å². The summed E-state index contributed by atoms with van der Waals surface area (Å²) in [6.45, 7) is 3.62. The number of hydrogen-bond donors (Lipinski definition) is 2. The average Bonchev–Trinajstić information content (AvgIpc) is 3.05. The first kappa shape index (κ1) is 16.1. The Balaban J connectivity index is 2.13. The SMILES string of the molecule is CC(=NO)c1ccc2[nH]c3ccccc3c2c1C(=O)c1ccccc1C. The smallest absolute Gasteiger partial charge is 0.194 e. The normalized spacial score (nSPS) is 12.0. The first-order valence-corrected chi connectivity index (χ1v) is 8.44. The summed E-state index contributed by atoms with van der Waals surface area (Å²) in [7, 11) is 0. The number of nitrogens with zero attached hydrogens (tertiary/aromatic N) is 1. The second-order valence-corrected chi connectivity index (χ2v) is 6.41. The molecule has 0 aliphatic rings. The molecule has 0 saturated heterocycles. The monoisotopic (exact) mass is 342 g/mol. The van der Waals surface area contributed by atoms with Crippen LogP contribution in [0.4, 0.5) is 0 Å². The lowest BCUT2D eigenvalue weighted by atomic mass is 9.90. The van der Waals surface area contributed by atoms with Crippen molar-refractivity contribution in [3.05, 3.63) is 82.9 Å². The van der Waals surface area contributed by atoms with Gasteiger partial charge in [-0.2, -0.15) is 0 Å². The Labute approximate surface area is 150 Å². The summed E-state index contributed by atoms with van der Waals surface area (Å²) >= 11 is 0. The van der Waals surface area contributed by atoms with Crippen molar-refractivity contribution < 1.29 is 10.0 Å².